The zero-order valence-corrected chi connectivity index (χ0v) is 15.7. The average Bonchev–Trinajstić information content (AvgIpc) is 3.23. The Morgan fingerprint density at radius 2 is 2.00 bits per heavy atom. The first-order valence-electron chi connectivity index (χ1n) is 9.67. The molecule has 0 aromatic carbocycles. The van der Waals surface area contributed by atoms with Crippen LogP contribution in [0, 0.1) is 5.92 Å². The van der Waals surface area contributed by atoms with Crippen LogP contribution in [0.5, 0.6) is 5.88 Å². The largest absolute Gasteiger partial charge is 0.473 e. The van der Waals surface area contributed by atoms with Crippen molar-refractivity contribution in [2.45, 2.75) is 31.8 Å². The summed E-state index contributed by atoms with van der Waals surface area (Å²) in [4.78, 5) is 17.0. The molecule has 2 aliphatic heterocycles. The molecule has 2 aromatic heterocycles. The molecule has 0 aliphatic carbocycles. The highest BCUT2D eigenvalue weighted by atomic mass is 16.5. The van der Waals surface area contributed by atoms with Crippen LogP contribution in [0.15, 0.2) is 30.6 Å². The minimum Gasteiger partial charge on any atom is -0.473 e. The number of amides is 1. The van der Waals surface area contributed by atoms with Crippen LogP contribution in [0.1, 0.15) is 25.7 Å². The molecule has 144 valence electrons. The number of piperidine rings is 2. The maximum atomic E-state index is 12.7. The van der Waals surface area contributed by atoms with Crippen molar-refractivity contribution in [2.24, 2.45) is 5.92 Å². The molecule has 8 heteroatoms. The monoisotopic (exact) mass is 370 g/mol. The normalized spacial score (nSPS) is 22.0. The van der Waals surface area contributed by atoms with Gasteiger partial charge in [0.2, 0.25) is 11.8 Å². The summed E-state index contributed by atoms with van der Waals surface area (Å²) in [5.74, 6) is 1.64. The zero-order chi connectivity index (χ0) is 18.6. The Bertz CT molecular complexity index is 740. The van der Waals surface area contributed by atoms with E-state index in [1.54, 1.807) is 10.9 Å². The maximum Gasteiger partial charge on any atom is 0.233 e. The molecule has 2 aromatic rings. The van der Waals surface area contributed by atoms with Gasteiger partial charge < -0.3 is 14.5 Å². The highest BCUT2D eigenvalue weighted by Gasteiger charge is 2.31. The third-order valence-corrected chi connectivity index (χ3v) is 5.38. The van der Waals surface area contributed by atoms with E-state index in [9.17, 15) is 4.79 Å². The molecule has 2 saturated heterocycles. The molecule has 0 radical (unpaired) electrons. The Labute approximate surface area is 159 Å². The Kier molecular flexibility index (Phi) is 5.33. The fraction of sp³-hybridized carbons (Fsp3) is 0.579. The third-order valence-electron chi connectivity index (χ3n) is 5.38. The summed E-state index contributed by atoms with van der Waals surface area (Å²) in [5, 5.41) is 12.4. The zero-order valence-electron chi connectivity index (χ0n) is 15.7. The number of hydrogen-bond acceptors (Lipinski definition) is 6. The second-order valence-corrected chi connectivity index (χ2v) is 7.42. The minimum absolute atomic E-state index is 0.0768. The number of nitrogens with zero attached hydrogens (tertiary/aromatic N) is 6. The van der Waals surface area contributed by atoms with Gasteiger partial charge in [-0.2, -0.15) is 5.10 Å². The van der Waals surface area contributed by atoms with Crippen molar-refractivity contribution >= 4 is 5.91 Å². The van der Waals surface area contributed by atoms with E-state index in [1.807, 2.05) is 29.3 Å². The van der Waals surface area contributed by atoms with Gasteiger partial charge >= 0.3 is 0 Å². The molecule has 0 saturated carbocycles. The van der Waals surface area contributed by atoms with Crippen molar-refractivity contribution in [2.75, 3.05) is 33.2 Å². The van der Waals surface area contributed by atoms with E-state index in [0.717, 1.165) is 51.9 Å². The highest BCUT2D eigenvalue weighted by molar-refractivity contribution is 5.79. The minimum atomic E-state index is 0.0768. The second-order valence-electron chi connectivity index (χ2n) is 7.42. The Balaban J connectivity index is 1.27. The van der Waals surface area contributed by atoms with Gasteiger partial charge in [-0.1, -0.05) is 0 Å². The lowest BCUT2D eigenvalue weighted by atomic mass is 9.95. The van der Waals surface area contributed by atoms with Gasteiger partial charge in [0, 0.05) is 50.9 Å². The van der Waals surface area contributed by atoms with E-state index in [1.165, 1.54) is 0 Å². The predicted octanol–water partition coefficient (Wildman–Crippen LogP) is 1.37. The highest BCUT2D eigenvalue weighted by Crippen LogP contribution is 2.22. The smallest absolute Gasteiger partial charge is 0.233 e. The number of ether oxygens (including phenoxy) is 1. The summed E-state index contributed by atoms with van der Waals surface area (Å²) in [6, 6.07) is 5.50. The molecule has 1 amide bonds. The van der Waals surface area contributed by atoms with Crippen molar-refractivity contribution < 1.29 is 9.53 Å². The van der Waals surface area contributed by atoms with Gasteiger partial charge in [0.05, 0.1) is 5.92 Å². The molecule has 2 fully saturated rings. The Hall–Kier alpha value is -2.48. The number of rotatable bonds is 4. The van der Waals surface area contributed by atoms with Crippen molar-refractivity contribution in [1.29, 1.82) is 0 Å². The van der Waals surface area contributed by atoms with Crippen molar-refractivity contribution in [3.8, 4) is 11.7 Å². The van der Waals surface area contributed by atoms with Gasteiger partial charge in [-0.25, -0.2) is 4.68 Å². The van der Waals surface area contributed by atoms with E-state index in [2.05, 4.69) is 27.2 Å². The SMILES string of the molecule is CN1CCCC(C(=O)N2CCC(Oc3ccc(-n4cccn4)nn3)CC2)C1. The summed E-state index contributed by atoms with van der Waals surface area (Å²) < 4.78 is 7.63. The Morgan fingerprint density at radius 3 is 2.67 bits per heavy atom. The molecular weight excluding hydrogens is 344 g/mol. The van der Waals surface area contributed by atoms with Gasteiger partial charge in [0.15, 0.2) is 5.82 Å². The third kappa shape index (κ3) is 4.27. The summed E-state index contributed by atoms with van der Waals surface area (Å²) in [6.07, 6.45) is 7.38. The number of carbonyl (C=O) groups excluding carboxylic acids is 1. The first kappa shape index (κ1) is 17.9. The first-order chi connectivity index (χ1) is 13.2. The molecule has 4 rings (SSSR count). The quantitative estimate of drug-likeness (QED) is 0.809. The fourth-order valence-corrected chi connectivity index (χ4v) is 3.89. The molecular formula is C19H26N6O2. The van der Waals surface area contributed by atoms with E-state index in [4.69, 9.17) is 4.74 Å². The van der Waals surface area contributed by atoms with Crippen LogP contribution in [-0.2, 0) is 4.79 Å². The standard InChI is InChI=1S/C19H26N6O2/c1-23-10-2-4-15(14-23)19(26)24-12-7-16(8-13-24)27-18-6-5-17(21-22-18)25-11-3-9-20-25/h3,5-6,9,11,15-16H,2,4,7-8,10,12-14H2,1H3. The van der Waals surface area contributed by atoms with Gasteiger partial charge in [0.1, 0.15) is 6.10 Å². The van der Waals surface area contributed by atoms with Crippen LogP contribution in [-0.4, -0.2) is 75.0 Å². The van der Waals surface area contributed by atoms with Gasteiger partial charge in [-0.05, 0) is 38.6 Å². The van der Waals surface area contributed by atoms with Crippen molar-refractivity contribution in [3.63, 3.8) is 0 Å². The molecule has 0 bridgehead atoms. The fourth-order valence-electron chi connectivity index (χ4n) is 3.89. The van der Waals surface area contributed by atoms with Crippen molar-refractivity contribution in [1.82, 2.24) is 29.8 Å². The van der Waals surface area contributed by atoms with E-state index >= 15 is 0 Å². The summed E-state index contributed by atoms with van der Waals surface area (Å²) >= 11 is 0. The van der Waals surface area contributed by atoms with Gasteiger partial charge in [-0.15, -0.1) is 10.2 Å². The number of carbonyl (C=O) groups is 1. The number of likely N-dealkylation sites (tertiary alicyclic amines) is 2. The number of aromatic nitrogens is 4. The lowest BCUT2D eigenvalue weighted by Crippen LogP contribution is -2.47. The van der Waals surface area contributed by atoms with Crippen LogP contribution in [0.2, 0.25) is 0 Å². The van der Waals surface area contributed by atoms with Crippen LogP contribution < -0.4 is 4.74 Å². The van der Waals surface area contributed by atoms with Crippen molar-refractivity contribution in [3.05, 3.63) is 30.6 Å². The molecule has 2 aliphatic rings. The van der Waals surface area contributed by atoms with Crippen LogP contribution in [0.4, 0.5) is 0 Å². The molecule has 27 heavy (non-hydrogen) atoms. The van der Waals surface area contributed by atoms with Gasteiger partial charge in [0.25, 0.3) is 0 Å². The Morgan fingerprint density at radius 1 is 1.15 bits per heavy atom. The topological polar surface area (TPSA) is 76.4 Å². The lowest BCUT2D eigenvalue weighted by molar-refractivity contribution is -0.139. The molecule has 1 unspecified atom stereocenters. The molecule has 8 nitrogen and oxygen atoms in total. The molecule has 4 heterocycles. The lowest BCUT2D eigenvalue weighted by Gasteiger charge is -2.36. The predicted molar refractivity (Wildman–Crippen MR) is 99.6 cm³/mol. The van der Waals surface area contributed by atoms with Crippen LogP contribution >= 0.6 is 0 Å². The second kappa shape index (κ2) is 8.04. The maximum absolute atomic E-state index is 12.7. The summed E-state index contributed by atoms with van der Waals surface area (Å²) in [7, 11) is 2.10. The molecule has 0 spiro atoms. The summed E-state index contributed by atoms with van der Waals surface area (Å²) in [5.41, 5.74) is 0. The number of hydrogen-bond donors (Lipinski definition) is 0. The van der Waals surface area contributed by atoms with E-state index in [-0.39, 0.29) is 12.0 Å². The van der Waals surface area contributed by atoms with Crippen LogP contribution in [0.3, 0.4) is 0 Å². The summed E-state index contributed by atoms with van der Waals surface area (Å²) in [6.45, 7) is 3.48. The molecule has 1 atom stereocenters. The van der Waals surface area contributed by atoms with E-state index < -0.39 is 0 Å². The van der Waals surface area contributed by atoms with Gasteiger partial charge in [-0.3, -0.25) is 4.79 Å². The van der Waals surface area contributed by atoms with E-state index in [0.29, 0.717) is 17.6 Å². The molecule has 0 N–H and O–H groups in total. The van der Waals surface area contributed by atoms with Crippen LogP contribution in [0.25, 0.3) is 5.82 Å². The average molecular weight is 370 g/mol. The first-order valence-corrected chi connectivity index (χ1v) is 9.67.